The van der Waals surface area contributed by atoms with Crippen molar-refractivity contribution < 1.29 is 19.1 Å². The Bertz CT molecular complexity index is 1820. The van der Waals surface area contributed by atoms with Crippen molar-refractivity contribution >= 4 is 51.8 Å². The number of nitrogens with one attached hydrogen (secondary N) is 3. The molecule has 2 aromatic carbocycles. The third-order valence-electron chi connectivity index (χ3n) is 7.31. The highest BCUT2D eigenvalue weighted by atomic mass is 32.1. The highest BCUT2D eigenvalue weighted by molar-refractivity contribution is 7.14. The van der Waals surface area contributed by atoms with Crippen LogP contribution in [0, 0.1) is 13.8 Å². The summed E-state index contributed by atoms with van der Waals surface area (Å²) in [6.07, 6.45) is 2.87. The molecular formula is C33H33N5O5S. The molecule has 0 bridgehead atoms. The number of nitrogens with zero attached hydrogens (tertiary/aromatic N) is 2. The molecule has 3 N–H and O–H groups in total. The van der Waals surface area contributed by atoms with Gasteiger partial charge in [0.05, 0.1) is 29.3 Å². The molecule has 3 heterocycles. The van der Waals surface area contributed by atoms with E-state index in [1.165, 1.54) is 15.9 Å². The summed E-state index contributed by atoms with van der Waals surface area (Å²) in [5, 5.41) is 8.89. The Hall–Kier alpha value is -5.00. The maximum Gasteiger partial charge on any atom is 0.274 e. The van der Waals surface area contributed by atoms with Gasteiger partial charge in [0.25, 0.3) is 17.4 Å². The lowest BCUT2D eigenvalue weighted by molar-refractivity contribution is -0.111. The number of amides is 3. The third kappa shape index (κ3) is 6.64. The first kappa shape index (κ1) is 30.5. The molecule has 2 aromatic heterocycles. The first-order chi connectivity index (χ1) is 21.1. The molecule has 1 aliphatic rings. The van der Waals surface area contributed by atoms with Crippen LogP contribution < -0.4 is 21.5 Å². The highest BCUT2D eigenvalue weighted by Crippen LogP contribution is 2.31. The normalized spacial score (nSPS) is 12.8. The van der Waals surface area contributed by atoms with Crippen LogP contribution in [0.5, 0.6) is 0 Å². The zero-order valence-corrected chi connectivity index (χ0v) is 25.5. The van der Waals surface area contributed by atoms with E-state index < -0.39 is 5.91 Å². The van der Waals surface area contributed by atoms with Crippen molar-refractivity contribution in [2.24, 2.45) is 7.05 Å². The van der Waals surface area contributed by atoms with E-state index in [9.17, 15) is 19.2 Å². The van der Waals surface area contributed by atoms with Crippen LogP contribution in [0.25, 0.3) is 11.1 Å². The Morgan fingerprint density at radius 1 is 0.955 bits per heavy atom. The van der Waals surface area contributed by atoms with Crippen LogP contribution in [0.1, 0.15) is 30.5 Å². The minimum atomic E-state index is -0.465. The van der Waals surface area contributed by atoms with Crippen molar-refractivity contribution in [3.05, 3.63) is 105 Å². The molecule has 1 fully saturated rings. The largest absolute Gasteiger partial charge is 0.378 e. The number of hydrogen-bond acceptors (Lipinski definition) is 7. The Morgan fingerprint density at radius 3 is 2.43 bits per heavy atom. The van der Waals surface area contributed by atoms with E-state index in [0.29, 0.717) is 59.5 Å². The lowest BCUT2D eigenvalue weighted by atomic mass is 10.00. The molecule has 5 rings (SSSR count). The van der Waals surface area contributed by atoms with E-state index in [2.05, 4.69) is 22.5 Å². The number of carbonyl (C=O) groups excluding carboxylic acids is 3. The van der Waals surface area contributed by atoms with Gasteiger partial charge in [-0.05, 0) is 73.5 Å². The number of ether oxygens (including phenoxy) is 1. The van der Waals surface area contributed by atoms with Gasteiger partial charge in [-0.3, -0.25) is 19.2 Å². The van der Waals surface area contributed by atoms with Gasteiger partial charge in [0.2, 0.25) is 5.91 Å². The summed E-state index contributed by atoms with van der Waals surface area (Å²) >= 11 is 1.43. The van der Waals surface area contributed by atoms with E-state index in [1.807, 2.05) is 38.1 Å². The van der Waals surface area contributed by atoms with Crippen LogP contribution in [0.4, 0.5) is 22.7 Å². The van der Waals surface area contributed by atoms with Gasteiger partial charge in [0.1, 0.15) is 5.69 Å². The summed E-state index contributed by atoms with van der Waals surface area (Å²) in [6, 6.07) is 16.0. The molecule has 226 valence electrons. The number of aryl methyl sites for hydroxylation is 2. The number of benzene rings is 2. The van der Waals surface area contributed by atoms with E-state index >= 15 is 0 Å². The molecule has 1 saturated heterocycles. The lowest BCUT2D eigenvalue weighted by Gasteiger charge is -2.27. The van der Waals surface area contributed by atoms with Gasteiger partial charge in [0.15, 0.2) is 0 Å². The number of carbonyl (C=O) groups is 3. The molecule has 3 amide bonds. The van der Waals surface area contributed by atoms with Crippen LogP contribution in [0.2, 0.25) is 0 Å². The maximum absolute atomic E-state index is 13.3. The van der Waals surface area contributed by atoms with Gasteiger partial charge in [-0.2, -0.15) is 0 Å². The minimum absolute atomic E-state index is 0.180. The number of hydrogen-bond donors (Lipinski definition) is 3. The van der Waals surface area contributed by atoms with Crippen LogP contribution in [0.15, 0.2) is 78.2 Å². The van der Waals surface area contributed by atoms with Crippen molar-refractivity contribution in [3.63, 3.8) is 0 Å². The molecule has 10 nitrogen and oxygen atoms in total. The lowest BCUT2D eigenvalue weighted by Crippen LogP contribution is -2.41. The molecule has 1 aliphatic heterocycles. The Balaban J connectivity index is 1.45. The molecule has 0 unspecified atom stereocenters. The fourth-order valence-corrected chi connectivity index (χ4v) is 5.72. The van der Waals surface area contributed by atoms with Crippen LogP contribution in [-0.2, 0) is 16.6 Å². The molecule has 11 heteroatoms. The number of morpholine rings is 1. The van der Waals surface area contributed by atoms with Gasteiger partial charge >= 0.3 is 0 Å². The predicted molar refractivity (Wildman–Crippen MR) is 174 cm³/mol. The van der Waals surface area contributed by atoms with Crippen molar-refractivity contribution in [1.82, 2.24) is 9.47 Å². The topological polar surface area (TPSA) is 122 Å². The second-order valence-corrected chi connectivity index (χ2v) is 11.7. The van der Waals surface area contributed by atoms with Gasteiger partial charge in [-0.1, -0.05) is 18.7 Å². The number of aromatic nitrogens is 1. The molecule has 0 radical (unpaired) electrons. The number of thiophene rings is 1. The van der Waals surface area contributed by atoms with Crippen LogP contribution in [-0.4, -0.2) is 53.5 Å². The number of anilines is 4. The van der Waals surface area contributed by atoms with E-state index in [4.69, 9.17) is 4.74 Å². The smallest absolute Gasteiger partial charge is 0.274 e. The maximum atomic E-state index is 13.3. The molecule has 0 atom stereocenters. The standard InChI is InChI=1S/C33H33N5O5S/c1-5-30(39)35-27-18-23(10-11-25(27)32(41)38-13-15-43-16-14-38)34-28-17-22(19-37(4)33(28)42)24-7-6-8-26(21(24)3)36-31(40)29-12-9-20(2)44-29/h5-12,17-19,34H,1,13-16H2,2-4H3,(H,35,39)(H,36,40). The Kier molecular flexibility index (Phi) is 9.07. The fourth-order valence-electron chi connectivity index (χ4n) is 4.96. The molecule has 0 saturated carbocycles. The van der Waals surface area contributed by atoms with Crippen LogP contribution in [0.3, 0.4) is 0 Å². The zero-order valence-electron chi connectivity index (χ0n) is 24.7. The Labute approximate surface area is 259 Å². The van der Waals surface area contributed by atoms with Gasteiger partial charge in [0, 0.05) is 48.1 Å². The van der Waals surface area contributed by atoms with Crippen LogP contribution >= 0.6 is 11.3 Å². The average molecular weight is 612 g/mol. The van der Waals surface area contributed by atoms with Gasteiger partial charge < -0.3 is 30.2 Å². The number of pyridine rings is 1. The Morgan fingerprint density at radius 2 is 1.73 bits per heavy atom. The first-order valence-corrected chi connectivity index (χ1v) is 14.9. The average Bonchev–Trinajstić information content (AvgIpc) is 3.47. The predicted octanol–water partition coefficient (Wildman–Crippen LogP) is 5.32. The SMILES string of the molecule is C=CC(=O)Nc1cc(Nc2cc(-c3cccc(NC(=O)c4ccc(C)s4)c3C)cn(C)c2=O)ccc1C(=O)N1CCOCC1. The van der Waals surface area contributed by atoms with Gasteiger partial charge in [-0.25, -0.2) is 0 Å². The van der Waals surface area contributed by atoms with Crippen molar-refractivity contribution in [2.45, 2.75) is 13.8 Å². The fraction of sp³-hybridized carbons (Fsp3) is 0.212. The number of rotatable bonds is 8. The summed E-state index contributed by atoms with van der Waals surface area (Å²) in [6.45, 7) is 9.18. The first-order valence-electron chi connectivity index (χ1n) is 14.0. The second kappa shape index (κ2) is 13.1. The molecular weight excluding hydrogens is 578 g/mol. The summed E-state index contributed by atoms with van der Waals surface area (Å²) in [5.74, 6) is -0.873. The molecule has 0 spiro atoms. The second-order valence-electron chi connectivity index (χ2n) is 10.4. The summed E-state index contributed by atoms with van der Waals surface area (Å²) in [5.41, 5.74) is 4.26. The summed E-state index contributed by atoms with van der Waals surface area (Å²) < 4.78 is 6.84. The van der Waals surface area contributed by atoms with Crippen molar-refractivity contribution in [1.29, 1.82) is 0 Å². The van der Waals surface area contributed by atoms with Gasteiger partial charge in [-0.15, -0.1) is 11.3 Å². The summed E-state index contributed by atoms with van der Waals surface area (Å²) in [4.78, 5) is 54.9. The minimum Gasteiger partial charge on any atom is -0.378 e. The van der Waals surface area contributed by atoms with E-state index in [1.54, 1.807) is 48.5 Å². The highest BCUT2D eigenvalue weighted by Gasteiger charge is 2.22. The molecule has 44 heavy (non-hydrogen) atoms. The van der Waals surface area contributed by atoms with Crippen molar-refractivity contribution in [2.75, 3.05) is 42.3 Å². The molecule has 4 aromatic rings. The quantitative estimate of drug-likeness (QED) is 0.232. The molecule has 0 aliphatic carbocycles. The van der Waals surface area contributed by atoms with E-state index in [0.717, 1.165) is 27.6 Å². The summed E-state index contributed by atoms with van der Waals surface area (Å²) in [7, 11) is 1.66. The zero-order chi connectivity index (χ0) is 31.4. The monoisotopic (exact) mass is 611 g/mol. The third-order valence-corrected chi connectivity index (χ3v) is 8.31. The van der Waals surface area contributed by atoms with Crippen molar-refractivity contribution in [3.8, 4) is 11.1 Å². The van der Waals surface area contributed by atoms with E-state index in [-0.39, 0.29) is 17.4 Å².